The Morgan fingerprint density at radius 1 is 1.10 bits per heavy atom. The second-order valence-corrected chi connectivity index (χ2v) is 6.77. The topological polar surface area (TPSA) is 96.7 Å². The molecular formula is C21H16F3N5O. The molecule has 4 aromatic rings. The molecule has 152 valence electrons. The molecule has 0 saturated carbocycles. The molecule has 0 atom stereocenters. The van der Waals surface area contributed by atoms with Crippen LogP contribution in [0.25, 0.3) is 22.3 Å². The van der Waals surface area contributed by atoms with Gasteiger partial charge < -0.3 is 11.1 Å². The average Bonchev–Trinajstić information content (AvgIpc) is 3.09. The molecule has 0 saturated heterocycles. The molecule has 9 heteroatoms. The third kappa shape index (κ3) is 3.69. The summed E-state index contributed by atoms with van der Waals surface area (Å²) in [4.78, 5) is 16.9. The highest BCUT2D eigenvalue weighted by atomic mass is 19.4. The number of amides is 1. The van der Waals surface area contributed by atoms with Crippen LogP contribution in [0.15, 0.2) is 54.6 Å². The minimum Gasteiger partial charge on any atom is -0.384 e. The zero-order valence-electron chi connectivity index (χ0n) is 15.7. The van der Waals surface area contributed by atoms with Crippen molar-refractivity contribution in [1.29, 1.82) is 0 Å². The molecule has 0 aliphatic rings. The van der Waals surface area contributed by atoms with Gasteiger partial charge in [0, 0.05) is 16.8 Å². The molecule has 30 heavy (non-hydrogen) atoms. The minimum absolute atomic E-state index is 0.0855. The van der Waals surface area contributed by atoms with Gasteiger partial charge in [-0.1, -0.05) is 18.2 Å². The monoisotopic (exact) mass is 411 g/mol. The van der Waals surface area contributed by atoms with Crippen LogP contribution in [0.4, 0.5) is 24.7 Å². The van der Waals surface area contributed by atoms with Gasteiger partial charge in [-0.25, -0.2) is 4.98 Å². The van der Waals surface area contributed by atoms with E-state index >= 15 is 0 Å². The Kier molecular flexibility index (Phi) is 4.65. The molecule has 6 nitrogen and oxygen atoms in total. The first-order valence-electron chi connectivity index (χ1n) is 8.92. The smallest absolute Gasteiger partial charge is 0.384 e. The maximum atomic E-state index is 12.9. The van der Waals surface area contributed by atoms with E-state index in [0.717, 1.165) is 23.1 Å². The lowest BCUT2D eigenvalue weighted by Gasteiger charge is -2.10. The van der Waals surface area contributed by atoms with Crippen molar-refractivity contribution >= 4 is 28.4 Å². The number of aromatic nitrogens is 3. The first kappa shape index (κ1) is 19.4. The van der Waals surface area contributed by atoms with Crippen molar-refractivity contribution in [3.63, 3.8) is 0 Å². The molecule has 1 amide bonds. The number of nitrogens with two attached hydrogens (primary N) is 1. The number of rotatable bonds is 3. The first-order valence-corrected chi connectivity index (χ1v) is 8.92. The van der Waals surface area contributed by atoms with E-state index in [2.05, 4.69) is 20.5 Å². The summed E-state index contributed by atoms with van der Waals surface area (Å²) in [5.74, 6) is -0.207. The number of nitrogens with zero attached hydrogens (tertiary/aromatic N) is 2. The summed E-state index contributed by atoms with van der Waals surface area (Å²) in [5.41, 5.74) is 8.02. The Balaban J connectivity index is 1.62. The average molecular weight is 411 g/mol. The van der Waals surface area contributed by atoms with Crippen LogP contribution in [0, 0.1) is 6.92 Å². The molecule has 4 rings (SSSR count). The Hall–Kier alpha value is -3.88. The molecule has 2 heterocycles. The van der Waals surface area contributed by atoms with E-state index in [-0.39, 0.29) is 5.56 Å². The lowest BCUT2D eigenvalue weighted by atomic mass is 10.1. The Morgan fingerprint density at radius 2 is 1.87 bits per heavy atom. The Morgan fingerprint density at radius 3 is 2.63 bits per heavy atom. The molecule has 0 spiro atoms. The normalized spacial score (nSPS) is 11.6. The van der Waals surface area contributed by atoms with Gasteiger partial charge in [0.2, 0.25) is 0 Å². The number of halogens is 3. The summed E-state index contributed by atoms with van der Waals surface area (Å²) in [6.07, 6.45) is -4.52. The number of aryl methyl sites for hydroxylation is 1. The highest BCUT2D eigenvalue weighted by Gasteiger charge is 2.30. The summed E-state index contributed by atoms with van der Waals surface area (Å²) in [6, 6.07) is 13.0. The number of benzene rings is 2. The second kappa shape index (κ2) is 7.18. The number of hydrogen-bond donors (Lipinski definition) is 3. The number of nitrogen functional groups attached to an aromatic ring is 1. The van der Waals surface area contributed by atoms with Gasteiger partial charge in [0.25, 0.3) is 5.91 Å². The first-order chi connectivity index (χ1) is 14.2. The fourth-order valence-electron chi connectivity index (χ4n) is 3.18. The van der Waals surface area contributed by atoms with E-state index in [1.807, 2.05) is 19.1 Å². The van der Waals surface area contributed by atoms with Gasteiger partial charge in [0.1, 0.15) is 5.82 Å². The summed E-state index contributed by atoms with van der Waals surface area (Å²) in [6.45, 7) is 1.89. The number of alkyl halides is 3. The number of aromatic amines is 1. The van der Waals surface area contributed by atoms with Crippen molar-refractivity contribution in [3.05, 3.63) is 71.3 Å². The number of carbonyl (C=O) groups excluding carboxylic acids is 1. The van der Waals surface area contributed by atoms with E-state index < -0.39 is 17.6 Å². The van der Waals surface area contributed by atoms with Crippen LogP contribution in [0.1, 0.15) is 21.5 Å². The Bertz CT molecular complexity index is 1260. The van der Waals surface area contributed by atoms with Crippen molar-refractivity contribution in [2.75, 3.05) is 11.1 Å². The summed E-state index contributed by atoms with van der Waals surface area (Å²) >= 11 is 0. The number of fused-ring (bicyclic) bond motifs is 1. The number of anilines is 2. The van der Waals surface area contributed by atoms with Crippen molar-refractivity contribution < 1.29 is 18.0 Å². The molecule has 0 aliphatic heterocycles. The van der Waals surface area contributed by atoms with E-state index in [0.29, 0.717) is 28.4 Å². The van der Waals surface area contributed by atoms with E-state index in [1.54, 1.807) is 18.2 Å². The van der Waals surface area contributed by atoms with Gasteiger partial charge in [0.15, 0.2) is 5.65 Å². The molecular weight excluding hydrogens is 395 g/mol. The summed E-state index contributed by atoms with van der Waals surface area (Å²) in [7, 11) is 0. The number of H-pyrrole nitrogens is 1. The predicted octanol–water partition coefficient (Wildman–Crippen LogP) is 4.79. The number of hydrogen-bond acceptors (Lipinski definition) is 4. The van der Waals surface area contributed by atoms with Gasteiger partial charge >= 0.3 is 6.18 Å². The molecule has 0 unspecified atom stereocenters. The maximum Gasteiger partial charge on any atom is 0.416 e. The van der Waals surface area contributed by atoms with Crippen molar-refractivity contribution in [2.45, 2.75) is 13.1 Å². The zero-order chi connectivity index (χ0) is 21.5. The van der Waals surface area contributed by atoms with Gasteiger partial charge in [-0.05, 0) is 48.9 Å². The standard InChI is InChI=1S/C21H16F3N5O/c1-11-8-16(27-19-17(11)18(25)28-29-19)12-4-3-7-15(10-12)26-20(30)13-5-2-6-14(9-13)21(22,23)24/h2-10H,1H3,(H,26,30)(H3,25,27,28,29). The highest BCUT2D eigenvalue weighted by Crippen LogP contribution is 2.30. The molecule has 0 aliphatic carbocycles. The minimum atomic E-state index is -4.52. The van der Waals surface area contributed by atoms with Crippen LogP contribution in [-0.4, -0.2) is 21.1 Å². The van der Waals surface area contributed by atoms with Gasteiger partial charge in [0.05, 0.1) is 16.6 Å². The van der Waals surface area contributed by atoms with Gasteiger partial charge in [-0.15, -0.1) is 0 Å². The van der Waals surface area contributed by atoms with Crippen LogP contribution in [0.5, 0.6) is 0 Å². The SMILES string of the molecule is Cc1cc(-c2cccc(NC(=O)c3cccc(C(F)(F)F)c3)c2)nc2n[nH]c(N)c12. The summed E-state index contributed by atoms with van der Waals surface area (Å²) < 4.78 is 38.7. The van der Waals surface area contributed by atoms with Crippen LogP contribution in [0.3, 0.4) is 0 Å². The number of nitrogens with one attached hydrogen (secondary N) is 2. The fraction of sp³-hybridized carbons (Fsp3) is 0.0952. The zero-order valence-corrected chi connectivity index (χ0v) is 15.7. The third-order valence-electron chi connectivity index (χ3n) is 4.62. The van der Waals surface area contributed by atoms with Crippen LogP contribution < -0.4 is 11.1 Å². The number of carbonyl (C=O) groups is 1. The highest BCUT2D eigenvalue weighted by molar-refractivity contribution is 6.04. The second-order valence-electron chi connectivity index (χ2n) is 6.77. The maximum absolute atomic E-state index is 12.9. The van der Waals surface area contributed by atoms with E-state index in [4.69, 9.17) is 5.73 Å². The molecule has 4 N–H and O–H groups in total. The van der Waals surface area contributed by atoms with Crippen LogP contribution in [0.2, 0.25) is 0 Å². The predicted molar refractivity (Wildman–Crippen MR) is 108 cm³/mol. The van der Waals surface area contributed by atoms with Crippen molar-refractivity contribution in [3.8, 4) is 11.3 Å². The molecule has 0 bridgehead atoms. The third-order valence-corrected chi connectivity index (χ3v) is 4.62. The molecule has 2 aromatic carbocycles. The fourth-order valence-corrected chi connectivity index (χ4v) is 3.18. The van der Waals surface area contributed by atoms with Crippen molar-refractivity contribution in [1.82, 2.24) is 15.2 Å². The molecule has 2 aromatic heterocycles. The van der Waals surface area contributed by atoms with Crippen molar-refractivity contribution in [2.24, 2.45) is 0 Å². The quantitative estimate of drug-likeness (QED) is 0.452. The molecule has 0 radical (unpaired) electrons. The molecule has 0 fully saturated rings. The summed E-state index contributed by atoms with van der Waals surface area (Å²) in [5, 5.41) is 10.1. The van der Waals surface area contributed by atoms with Crippen LogP contribution >= 0.6 is 0 Å². The van der Waals surface area contributed by atoms with Gasteiger partial charge in [-0.2, -0.15) is 18.3 Å². The number of pyridine rings is 1. The largest absolute Gasteiger partial charge is 0.416 e. The van der Waals surface area contributed by atoms with Gasteiger partial charge in [-0.3, -0.25) is 9.89 Å². The Labute approximate surface area is 168 Å². The lowest BCUT2D eigenvalue weighted by molar-refractivity contribution is -0.137. The van der Waals surface area contributed by atoms with Crippen LogP contribution in [-0.2, 0) is 6.18 Å². The van der Waals surface area contributed by atoms with E-state index in [9.17, 15) is 18.0 Å². The van der Waals surface area contributed by atoms with E-state index in [1.165, 1.54) is 12.1 Å². The lowest BCUT2D eigenvalue weighted by Crippen LogP contribution is -2.14.